The van der Waals surface area contributed by atoms with E-state index in [0.29, 0.717) is 36.4 Å². The van der Waals surface area contributed by atoms with Gasteiger partial charge in [-0.05, 0) is 23.6 Å². The van der Waals surface area contributed by atoms with Crippen LogP contribution in [0.15, 0.2) is 47.4 Å². The van der Waals surface area contributed by atoms with Crippen LogP contribution in [0.25, 0.3) is 0 Å². The number of carbonyl (C=O) groups is 3. The normalized spacial score (nSPS) is 26.0. The SMILES string of the molecule is C[n+]1ccc(CN2CC/C(=C\C3=C(C(=O)O)N4C(=O)[C@@H](N)[C@H]4SC3)C2=O)cc1. The molecule has 0 saturated carbocycles. The van der Waals surface area contributed by atoms with Gasteiger partial charge in [0.1, 0.15) is 24.2 Å². The van der Waals surface area contributed by atoms with Gasteiger partial charge in [0.2, 0.25) is 11.8 Å². The summed E-state index contributed by atoms with van der Waals surface area (Å²) < 4.78 is 1.93. The molecule has 4 rings (SSSR count). The highest BCUT2D eigenvalue weighted by atomic mass is 32.2. The molecule has 2 amide bonds. The van der Waals surface area contributed by atoms with E-state index in [0.717, 1.165) is 5.56 Å². The van der Waals surface area contributed by atoms with Crippen molar-refractivity contribution in [3.8, 4) is 0 Å². The van der Waals surface area contributed by atoms with Crippen LogP contribution in [-0.4, -0.2) is 56.4 Å². The third-order valence-electron chi connectivity index (χ3n) is 5.22. The van der Waals surface area contributed by atoms with Gasteiger partial charge in [0.25, 0.3) is 0 Å². The molecule has 2 fully saturated rings. The highest BCUT2D eigenvalue weighted by Gasteiger charge is 2.51. The Morgan fingerprint density at radius 3 is 2.79 bits per heavy atom. The first kappa shape index (κ1) is 18.7. The van der Waals surface area contributed by atoms with Crippen molar-refractivity contribution < 1.29 is 24.1 Å². The second kappa shape index (κ2) is 7.06. The van der Waals surface area contributed by atoms with Crippen molar-refractivity contribution in [2.75, 3.05) is 12.3 Å². The van der Waals surface area contributed by atoms with Gasteiger partial charge in [0, 0.05) is 36.5 Å². The number of amides is 2. The van der Waals surface area contributed by atoms with Gasteiger partial charge in [-0.2, -0.15) is 0 Å². The molecule has 1 aromatic rings. The number of carboxylic acids is 1. The number of thioether (sulfide) groups is 1. The number of aryl methyl sites for hydroxylation is 1. The molecule has 0 aromatic carbocycles. The minimum absolute atomic E-state index is 0.0511. The zero-order valence-electron chi connectivity index (χ0n) is 15.4. The average molecular weight is 401 g/mol. The Hall–Kier alpha value is -2.65. The minimum Gasteiger partial charge on any atom is -0.477 e. The Balaban J connectivity index is 1.56. The maximum absolute atomic E-state index is 12.8. The maximum atomic E-state index is 12.8. The van der Waals surface area contributed by atoms with E-state index < -0.39 is 12.0 Å². The smallest absolute Gasteiger partial charge is 0.352 e. The molecular weight excluding hydrogens is 380 g/mol. The standard InChI is InChI=1S/C19H20N4O4S/c1-21-5-2-11(3-6-21)9-22-7-4-12(16(22)24)8-13-10-28-18-14(20)17(25)23(18)15(13)19(26)27/h2-3,5-6,8,14,18H,4,7,9-10,20H2,1H3/p+1/b12-8+/t14-,18-/m1/s1. The fourth-order valence-corrected chi connectivity index (χ4v) is 4.92. The fourth-order valence-electron chi connectivity index (χ4n) is 3.67. The molecule has 0 radical (unpaired) electrons. The highest BCUT2D eigenvalue weighted by Crippen LogP contribution is 2.40. The number of allylic oxidation sites excluding steroid dienone is 1. The number of pyridine rings is 1. The molecule has 3 aliphatic rings. The van der Waals surface area contributed by atoms with Crippen LogP contribution in [-0.2, 0) is 28.0 Å². The predicted octanol–water partition coefficient (Wildman–Crippen LogP) is -0.249. The van der Waals surface area contributed by atoms with Gasteiger partial charge in [-0.1, -0.05) is 0 Å². The molecule has 4 heterocycles. The monoisotopic (exact) mass is 401 g/mol. The van der Waals surface area contributed by atoms with E-state index in [1.165, 1.54) is 16.7 Å². The molecule has 0 unspecified atom stereocenters. The summed E-state index contributed by atoms with van der Waals surface area (Å²) in [5.74, 6) is -1.24. The molecule has 2 atom stereocenters. The van der Waals surface area contributed by atoms with E-state index in [4.69, 9.17) is 5.73 Å². The topological polar surface area (TPSA) is 108 Å². The third-order valence-corrected chi connectivity index (χ3v) is 6.55. The molecule has 0 bridgehead atoms. The zero-order chi connectivity index (χ0) is 20.0. The number of likely N-dealkylation sites (tertiary alicyclic amines) is 1. The van der Waals surface area contributed by atoms with Crippen LogP contribution in [0.4, 0.5) is 0 Å². The third kappa shape index (κ3) is 3.10. The Bertz CT molecular complexity index is 924. The second-order valence-electron chi connectivity index (χ2n) is 7.13. The van der Waals surface area contributed by atoms with E-state index in [1.807, 2.05) is 36.1 Å². The summed E-state index contributed by atoms with van der Waals surface area (Å²) in [5.41, 5.74) is 7.82. The van der Waals surface area contributed by atoms with Crippen LogP contribution < -0.4 is 10.3 Å². The van der Waals surface area contributed by atoms with Crippen molar-refractivity contribution >= 4 is 29.5 Å². The van der Waals surface area contributed by atoms with Gasteiger partial charge in [0.05, 0.1) is 0 Å². The molecule has 1 aromatic heterocycles. The van der Waals surface area contributed by atoms with Crippen LogP contribution in [0.1, 0.15) is 12.0 Å². The van der Waals surface area contributed by atoms with E-state index in [1.54, 1.807) is 11.0 Å². The minimum atomic E-state index is -1.17. The average Bonchev–Trinajstić information content (AvgIpc) is 3.02. The molecule has 146 valence electrons. The molecule has 0 aliphatic carbocycles. The van der Waals surface area contributed by atoms with E-state index >= 15 is 0 Å². The second-order valence-corrected chi connectivity index (χ2v) is 8.24. The lowest BCUT2D eigenvalue weighted by atomic mass is 10.0. The summed E-state index contributed by atoms with van der Waals surface area (Å²) in [7, 11) is 1.93. The number of β-lactam (4-membered cyclic amide) rings is 1. The van der Waals surface area contributed by atoms with Crippen molar-refractivity contribution in [2.24, 2.45) is 12.8 Å². The van der Waals surface area contributed by atoms with Gasteiger partial charge in [-0.15, -0.1) is 11.8 Å². The molecule has 2 saturated heterocycles. The van der Waals surface area contributed by atoms with E-state index in [9.17, 15) is 19.5 Å². The first-order valence-electron chi connectivity index (χ1n) is 8.97. The zero-order valence-corrected chi connectivity index (χ0v) is 16.2. The van der Waals surface area contributed by atoms with Crippen molar-refractivity contribution in [1.29, 1.82) is 0 Å². The number of aromatic nitrogens is 1. The Labute approximate surface area is 166 Å². The number of carbonyl (C=O) groups excluding carboxylic acids is 2. The first-order valence-corrected chi connectivity index (χ1v) is 10.0. The van der Waals surface area contributed by atoms with Crippen LogP contribution in [0.2, 0.25) is 0 Å². The Kier molecular flexibility index (Phi) is 4.72. The summed E-state index contributed by atoms with van der Waals surface area (Å²) in [4.78, 5) is 39.6. The predicted molar refractivity (Wildman–Crippen MR) is 101 cm³/mol. The molecular formula is C19H21N4O4S+. The van der Waals surface area contributed by atoms with Gasteiger partial charge in [-0.25, -0.2) is 9.36 Å². The van der Waals surface area contributed by atoms with Crippen molar-refractivity contribution in [3.05, 3.63) is 53.0 Å². The number of nitrogens with two attached hydrogens (primary N) is 1. The summed E-state index contributed by atoms with van der Waals surface area (Å²) in [6.45, 7) is 1.10. The molecule has 9 heteroatoms. The van der Waals surface area contributed by atoms with Crippen molar-refractivity contribution in [2.45, 2.75) is 24.4 Å². The lowest BCUT2D eigenvalue weighted by Gasteiger charge is -2.47. The van der Waals surface area contributed by atoms with Crippen LogP contribution >= 0.6 is 11.8 Å². The quantitative estimate of drug-likeness (QED) is 0.409. The van der Waals surface area contributed by atoms with Crippen molar-refractivity contribution in [3.63, 3.8) is 0 Å². The van der Waals surface area contributed by atoms with Crippen LogP contribution in [0.5, 0.6) is 0 Å². The van der Waals surface area contributed by atoms with E-state index in [2.05, 4.69) is 0 Å². The van der Waals surface area contributed by atoms with Gasteiger partial charge < -0.3 is 15.7 Å². The summed E-state index contributed by atoms with van der Waals surface area (Å²) in [6.07, 6.45) is 6.07. The number of hydrogen-bond acceptors (Lipinski definition) is 5. The lowest BCUT2D eigenvalue weighted by Crippen LogP contribution is -2.68. The molecule has 3 N–H and O–H groups in total. The Morgan fingerprint density at radius 2 is 2.11 bits per heavy atom. The molecule has 3 aliphatic heterocycles. The van der Waals surface area contributed by atoms with Gasteiger partial charge in [0.15, 0.2) is 12.4 Å². The highest BCUT2D eigenvalue weighted by molar-refractivity contribution is 8.00. The number of carboxylic acid groups (broad SMARTS) is 1. The first-order chi connectivity index (χ1) is 13.4. The number of nitrogens with zero attached hydrogens (tertiary/aromatic N) is 3. The number of fused-ring (bicyclic) bond motifs is 1. The summed E-state index contributed by atoms with van der Waals surface area (Å²) in [5, 5.41) is 9.28. The number of hydrogen-bond donors (Lipinski definition) is 2. The maximum Gasteiger partial charge on any atom is 0.352 e. The molecule has 0 spiro atoms. The number of rotatable bonds is 4. The summed E-state index contributed by atoms with van der Waals surface area (Å²) >= 11 is 1.43. The number of aliphatic carboxylic acids is 1. The van der Waals surface area contributed by atoms with E-state index in [-0.39, 0.29) is 22.9 Å². The molecule has 28 heavy (non-hydrogen) atoms. The Morgan fingerprint density at radius 1 is 1.39 bits per heavy atom. The fraction of sp³-hybridized carbons (Fsp3) is 0.368. The van der Waals surface area contributed by atoms with Gasteiger partial charge in [-0.3, -0.25) is 14.5 Å². The van der Waals surface area contributed by atoms with Gasteiger partial charge >= 0.3 is 5.97 Å². The molecule has 8 nitrogen and oxygen atoms in total. The summed E-state index contributed by atoms with van der Waals surface area (Å²) in [6, 6.07) is 3.28. The van der Waals surface area contributed by atoms with Crippen LogP contribution in [0.3, 0.4) is 0 Å². The largest absolute Gasteiger partial charge is 0.477 e. The van der Waals surface area contributed by atoms with Crippen LogP contribution in [0, 0.1) is 0 Å². The lowest BCUT2D eigenvalue weighted by molar-refractivity contribution is -0.671. The van der Waals surface area contributed by atoms with Crippen molar-refractivity contribution in [1.82, 2.24) is 9.80 Å².